The molecular formula is C12H13BrN2O4. The van der Waals surface area contributed by atoms with Crippen LogP contribution >= 0.6 is 15.9 Å². The van der Waals surface area contributed by atoms with Gasteiger partial charge in [-0.25, -0.2) is 4.79 Å². The highest BCUT2D eigenvalue weighted by molar-refractivity contribution is 9.10. The molecule has 19 heavy (non-hydrogen) atoms. The Morgan fingerprint density at radius 2 is 2.11 bits per heavy atom. The van der Waals surface area contributed by atoms with Gasteiger partial charge in [-0.15, -0.1) is 0 Å². The Morgan fingerprint density at radius 3 is 2.68 bits per heavy atom. The molecule has 0 spiro atoms. The number of aliphatic carboxylic acids is 1. The predicted molar refractivity (Wildman–Crippen MR) is 71.6 cm³/mol. The number of hydrogen-bond acceptors (Lipinski definition) is 4. The number of amides is 1. The number of nitrogen functional groups attached to an aromatic ring is 1. The van der Waals surface area contributed by atoms with E-state index in [1.807, 2.05) is 0 Å². The van der Waals surface area contributed by atoms with Gasteiger partial charge >= 0.3 is 5.97 Å². The van der Waals surface area contributed by atoms with Gasteiger partial charge in [0.15, 0.2) is 0 Å². The second-order valence-corrected chi connectivity index (χ2v) is 5.29. The summed E-state index contributed by atoms with van der Waals surface area (Å²) >= 11 is 3.22. The minimum atomic E-state index is -1.12. The number of carboxylic acids is 1. The van der Waals surface area contributed by atoms with Gasteiger partial charge in [-0.3, -0.25) is 4.79 Å². The lowest BCUT2D eigenvalue weighted by Crippen LogP contribution is -2.40. The lowest BCUT2D eigenvalue weighted by molar-refractivity contribution is -0.141. The minimum Gasteiger partial charge on any atom is -0.480 e. The Kier molecular flexibility index (Phi) is 3.77. The molecule has 102 valence electrons. The lowest BCUT2D eigenvalue weighted by atomic mass is 10.1. The molecule has 0 aromatic heterocycles. The van der Waals surface area contributed by atoms with E-state index in [-0.39, 0.29) is 13.0 Å². The number of β-amino-alcohol motifs (C(OH)–C–C–N with tert-alkyl or cyclic N) is 1. The summed E-state index contributed by atoms with van der Waals surface area (Å²) in [6.07, 6.45) is -0.759. The number of aliphatic hydroxyl groups is 1. The molecule has 0 unspecified atom stereocenters. The number of hydrogen-bond donors (Lipinski definition) is 3. The smallest absolute Gasteiger partial charge is 0.326 e. The largest absolute Gasteiger partial charge is 0.480 e. The maximum Gasteiger partial charge on any atom is 0.326 e. The first-order chi connectivity index (χ1) is 8.90. The highest BCUT2D eigenvalue weighted by Crippen LogP contribution is 2.24. The molecule has 1 aliphatic rings. The van der Waals surface area contributed by atoms with Crippen LogP contribution in [-0.2, 0) is 4.79 Å². The number of carboxylic acid groups (broad SMARTS) is 1. The molecule has 2 rings (SSSR count). The number of anilines is 1. The van der Waals surface area contributed by atoms with Crippen LogP contribution in [0.3, 0.4) is 0 Å². The summed E-state index contributed by atoms with van der Waals surface area (Å²) in [7, 11) is 0. The van der Waals surface area contributed by atoms with Crippen molar-refractivity contribution in [2.45, 2.75) is 18.6 Å². The van der Waals surface area contributed by atoms with Crippen LogP contribution in [0.5, 0.6) is 0 Å². The van der Waals surface area contributed by atoms with Crippen molar-refractivity contribution in [1.29, 1.82) is 0 Å². The summed E-state index contributed by atoms with van der Waals surface area (Å²) < 4.78 is 0.667. The first-order valence-corrected chi connectivity index (χ1v) is 6.46. The first-order valence-electron chi connectivity index (χ1n) is 5.67. The molecule has 1 saturated heterocycles. The van der Waals surface area contributed by atoms with Crippen LogP contribution in [0.2, 0.25) is 0 Å². The Hall–Kier alpha value is -1.60. The third-order valence-electron chi connectivity index (χ3n) is 3.07. The van der Waals surface area contributed by atoms with Crippen molar-refractivity contribution in [1.82, 2.24) is 4.90 Å². The van der Waals surface area contributed by atoms with Gasteiger partial charge in [-0.2, -0.15) is 0 Å². The van der Waals surface area contributed by atoms with Crippen LogP contribution in [-0.4, -0.2) is 45.7 Å². The highest BCUT2D eigenvalue weighted by Gasteiger charge is 2.39. The molecule has 2 atom stereocenters. The average Bonchev–Trinajstić information content (AvgIpc) is 2.74. The second-order valence-electron chi connectivity index (χ2n) is 4.44. The number of likely N-dealkylation sites (tertiary alicyclic amines) is 1. The van der Waals surface area contributed by atoms with Crippen molar-refractivity contribution >= 4 is 33.5 Å². The molecule has 1 aromatic carbocycles. The van der Waals surface area contributed by atoms with Crippen molar-refractivity contribution in [3.05, 3.63) is 28.2 Å². The third-order valence-corrected chi connectivity index (χ3v) is 3.79. The summed E-state index contributed by atoms with van der Waals surface area (Å²) in [4.78, 5) is 24.5. The van der Waals surface area contributed by atoms with E-state index >= 15 is 0 Å². The fraction of sp³-hybridized carbons (Fsp3) is 0.333. The van der Waals surface area contributed by atoms with Crippen LogP contribution in [0.25, 0.3) is 0 Å². The average molecular weight is 329 g/mol. The van der Waals surface area contributed by atoms with E-state index in [0.717, 1.165) is 4.90 Å². The number of nitrogens with two attached hydrogens (primary N) is 1. The Morgan fingerprint density at radius 1 is 1.42 bits per heavy atom. The van der Waals surface area contributed by atoms with E-state index in [0.29, 0.717) is 15.7 Å². The maximum absolute atomic E-state index is 12.3. The molecular weight excluding hydrogens is 316 g/mol. The second kappa shape index (κ2) is 5.18. The normalized spacial score (nSPS) is 22.5. The van der Waals surface area contributed by atoms with Gasteiger partial charge in [-0.05, 0) is 34.1 Å². The van der Waals surface area contributed by atoms with E-state index in [2.05, 4.69) is 15.9 Å². The number of benzene rings is 1. The van der Waals surface area contributed by atoms with Crippen molar-refractivity contribution in [3.63, 3.8) is 0 Å². The minimum absolute atomic E-state index is 0.0196. The maximum atomic E-state index is 12.3. The number of carbonyl (C=O) groups is 2. The van der Waals surface area contributed by atoms with Gasteiger partial charge in [0.1, 0.15) is 6.04 Å². The molecule has 1 aliphatic heterocycles. The molecule has 1 amide bonds. The van der Waals surface area contributed by atoms with Crippen molar-refractivity contribution in [2.75, 3.05) is 12.3 Å². The van der Waals surface area contributed by atoms with Crippen molar-refractivity contribution in [3.8, 4) is 0 Å². The first kappa shape index (κ1) is 13.8. The van der Waals surface area contributed by atoms with E-state index in [9.17, 15) is 14.7 Å². The summed E-state index contributed by atoms with van der Waals surface area (Å²) in [6.45, 7) is 0.0196. The molecule has 1 aromatic rings. The van der Waals surface area contributed by atoms with Crippen molar-refractivity contribution < 1.29 is 19.8 Å². The van der Waals surface area contributed by atoms with Gasteiger partial charge in [0, 0.05) is 28.7 Å². The molecule has 0 bridgehead atoms. The Labute approximate surface area is 117 Å². The van der Waals surface area contributed by atoms with Crippen LogP contribution in [0.15, 0.2) is 22.7 Å². The Bertz CT molecular complexity index is 534. The molecule has 4 N–H and O–H groups in total. The van der Waals surface area contributed by atoms with Crippen LogP contribution in [0, 0.1) is 0 Å². The zero-order valence-corrected chi connectivity index (χ0v) is 11.5. The molecule has 0 aliphatic carbocycles. The number of nitrogens with zero attached hydrogens (tertiary/aromatic N) is 1. The zero-order valence-electron chi connectivity index (χ0n) is 9.91. The molecule has 1 fully saturated rings. The monoisotopic (exact) mass is 328 g/mol. The van der Waals surface area contributed by atoms with Crippen molar-refractivity contribution in [2.24, 2.45) is 0 Å². The molecule has 0 radical (unpaired) electrons. The van der Waals surface area contributed by atoms with Crippen LogP contribution in [0.1, 0.15) is 16.8 Å². The number of aliphatic hydroxyl groups excluding tert-OH is 1. The Balaban J connectivity index is 2.27. The van der Waals surface area contributed by atoms with Gasteiger partial charge in [-0.1, -0.05) is 0 Å². The molecule has 6 nitrogen and oxygen atoms in total. The topological polar surface area (TPSA) is 104 Å². The zero-order chi connectivity index (χ0) is 14.2. The summed E-state index contributed by atoms with van der Waals surface area (Å²) in [5.41, 5.74) is 6.40. The van der Waals surface area contributed by atoms with Gasteiger partial charge in [0.2, 0.25) is 0 Å². The summed E-state index contributed by atoms with van der Waals surface area (Å²) in [5, 5.41) is 18.6. The fourth-order valence-corrected chi connectivity index (χ4v) is 2.36. The summed E-state index contributed by atoms with van der Waals surface area (Å²) in [6, 6.07) is 3.68. The standard InChI is InChI=1S/C12H13BrN2O4/c13-8-2-1-6(3-9(8)14)11(17)15-5-7(16)4-10(15)12(18)19/h1-3,7,10,16H,4-5,14H2,(H,18,19)/t7-,10-/m0/s1. The molecule has 0 saturated carbocycles. The predicted octanol–water partition coefficient (Wildman–Crippen LogP) is 0.691. The van der Waals surface area contributed by atoms with Gasteiger partial charge < -0.3 is 20.8 Å². The van der Waals surface area contributed by atoms with Crippen LogP contribution in [0.4, 0.5) is 5.69 Å². The SMILES string of the molecule is Nc1cc(C(=O)N2C[C@@H](O)C[C@H]2C(=O)O)ccc1Br. The van der Waals surface area contributed by atoms with Gasteiger partial charge in [0.25, 0.3) is 5.91 Å². The van der Waals surface area contributed by atoms with E-state index < -0.39 is 24.0 Å². The van der Waals surface area contributed by atoms with E-state index in [4.69, 9.17) is 10.8 Å². The third kappa shape index (κ3) is 2.71. The van der Waals surface area contributed by atoms with E-state index in [1.165, 1.54) is 6.07 Å². The summed E-state index contributed by atoms with van der Waals surface area (Å²) in [5.74, 6) is -1.56. The number of rotatable bonds is 2. The quantitative estimate of drug-likeness (QED) is 0.693. The lowest BCUT2D eigenvalue weighted by Gasteiger charge is -2.21. The van der Waals surface area contributed by atoms with Gasteiger partial charge in [0.05, 0.1) is 6.10 Å². The number of halogens is 1. The fourth-order valence-electron chi connectivity index (χ4n) is 2.11. The van der Waals surface area contributed by atoms with Crippen LogP contribution < -0.4 is 5.73 Å². The molecule has 7 heteroatoms. The van der Waals surface area contributed by atoms with E-state index in [1.54, 1.807) is 12.1 Å². The number of carbonyl (C=O) groups excluding carboxylic acids is 1. The highest BCUT2D eigenvalue weighted by atomic mass is 79.9. The molecule has 1 heterocycles.